The minimum atomic E-state index is -0.426. The summed E-state index contributed by atoms with van der Waals surface area (Å²) in [6, 6.07) is 8.79. The number of carbonyl (C=O) groups excluding carboxylic acids is 2. The molecule has 0 unspecified atom stereocenters. The lowest BCUT2D eigenvalue weighted by molar-refractivity contribution is -0.132. The minimum Gasteiger partial charge on any atom is -0.481 e. The number of hydrogen-bond acceptors (Lipinski definition) is 4. The van der Waals surface area contributed by atoms with Crippen molar-refractivity contribution < 1.29 is 14.3 Å². The van der Waals surface area contributed by atoms with Gasteiger partial charge >= 0.3 is 0 Å². The number of ether oxygens (including phenoxy) is 1. The maximum Gasteiger partial charge on any atom is 0.263 e. The first-order valence-corrected chi connectivity index (χ1v) is 7.78. The van der Waals surface area contributed by atoms with Gasteiger partial charge in [0.05, 0.1) is 5.56 Å². The van der Waals surface area contributed by atoms with E-state index in [9.17, 15) is 9.59 Å². The third-order valence-corrected chi connectivity index (χ3v) is 4.03. The van der Waals surface area contributed by atoms with Crippen molar-refractivity contribution in [2.24, 2.45) is 0 Å². The highest BCUT2D eigenvalue weighted by molar-refractivity contribution is 6.04. The molecule has 0 saturated carbocycles. The fourth-order valence-corrected chi connectivity index (χ4v) is 2.61. The predicted octanol–water partition coefficient (Wildman–Crippen LogP) is 2.25. The van der Waals surface area contributed by atoms with Crippen LogP contribution in [-0.4, -0.2) is 41.4 Å². The zero-order valence-corrected chi connectivity index (χ0v) is 13.7. The molecule has 1 aliphatic rings. The maximum atomic E-state index is 12.2. The Balaban J connectivity index is 1.69. The molecular weight excluding hydrogens is 306 g/mol. The van der Waals surface area contributed by atoms with E-state index >= 15 is 0 Å². The van der Waals surface area contributed by atoms with Gasteiger partial charge in [0.2, 0.25) is 0 Å². The molecule has 0 spiro atoms. The Hall–Kier alpha value is -2.89. The van der Waals surface area contributed by atoms with Gasteiger partial charge in [-0.15, -0.1) is 0 Å². The first-order chi connectivity index (χ1) is 11.5. The lowest BCUT2D eigenvalue weighted by atomic mass is 10.1. The number of anilines is 1. The second kappa shape index (κ2) is 6.70. The van der Waals surface area contributed by atoms with Crippen molar-refractivity contribution in [1.29, 1.82) is 0 Å². The van der Waals surface area contributed by atoms with Crippen molar-refractivity contribution in [2.45, 2.75) is 19.4 Å². The van der Waals surface area contributed by atoms with Crippen molar-refractivity contribution in [1.82, 2.24) is 9.88 Å². The van der Waals surface area contributed by atoms with Gasteiger partial charge in [0, 0.05) is 38.1 Å². The molecule has 2 amide bonds. The topological polar surface area (TPSA) is 71.5 Å². The number of carbonyl (C=O) groups is 2. The van der Waals surface area contributed by atoms with E-state index in [2.05, 4.69) is 10.3 Å². The molecule has 1 aromatic heterocycles. The van der Waals surface area contributed by atoms with Crippen LogP contribution in [0, 0.1) is 6.92 Å². The fourth-order valence-electron chi connectivity index (χ4n) is 2.61. The van der Waals surface area contributed by atoms with Gasteiger partial charge in [-0.2, -0.15) is 0 Å². The van der Waals surface area contributed by atoms with Crippen LogP contribution in [0.3, 0.4) is 0 Å². The molecule has 1 N–H and O–H groups in total. The van der Waals surface area contributed by atoms with Crippen molar-refractivity contribution >= 4 is 17.5 Å². The highest BCUT2D eigenvalue weighted by Crippen LogP contribution is 2.24. The van der Waals surface area contributed by atoms with E-state index in [0.29, 0.717) is 30.0 Å². The molecule has 2 heterocycles. The standard InChI is InChI=1S/C18H19N3O3/c1-12-10-14(24-16-7-9-21(2)18(16)23)5-6-15(12)20-17(22)13-4-3-8-19-11-13/h3-6,8,10-11,16H,7,9H2,1-2H3,(H,20,22)/t16-/m0/s1. The van der Waals surface area contributed by atoms with Gasteiger partial charge in [0.1, 0.15) is 5.75 Å². The highest BCUT2D eigenvalue weighted by atomic mass is 16.5. The smallest absolute Gasteiger partial charge is 0.263 e. The van der Waals surface area contributed by atoms with Crippen molar-refractivity contribution in [3.05, 3.63) is 53.9 Å². The summed E-state index contributed by atoms with van der Waals surface area (Å²) in [5, 5.41) is 2.85. The SMILES string of the molecule is Cc1cc(O[C@H]2CCN(C)C2=O)ccc1NC(=O)c1cccnc1. The number of amides is 2. The lowest BCUT2D eigenvalue weighted by Gasteiger charge is -2.15. The van der Waals surface area contributed by atoms with Crippen LogP contribution in [0.2, 0.25) is 0 Å². The van der Waals surface area contributed by atoms with E-state index < -0.39 is 6.10 Å². The summed E-state index contributed by atoms with van der Waals surface area (Å²) in [5.41, 5.74) is 2.06. The monoisotopic (exact) mass is 325 g/mol. The van der Waals surface area contributed by atoms with Crippen LogP contribution in [0.5, 0.6) is 5.75 Å². The predicted molar refractivity (Wildman–Crippen MR) is 90.0 cm³/mol. The first kappa shape index (κ1) is 16.0. The molecule has 24 heavy (non-hydrogen) atoms. The van der Waals surface area contributed by atoms with Crippen LogP contribution in [0.1, 0.15) is 22.3 Å². The van der Waals surface area contributed by atoms with Gasteiger partial charge in [-0.25, -0.2) is 0 Å². The molecule has 0 bridgehead atoms. The molecule has 0 radical (unpaired) electrons. The van der Waals surface area contributed by atoms with E-state index in [4.69, 9.17) is 4.74 Å². The zero-order valence-electron chi connectivity index (χ0n) is 13.7. The van der Waals surface area contributed by atoms with E-state index in [1.54, 1.807) is 42.4 Å². The summed E-state index contributed by atoms with van der Waals surface area (Å²) in [7, 11) is 1.77. The average Bonchev–Trinajstić information content (AvgIpc) is 2.90. The van der Waals surface area contributed by atoms with Crippen LogP contribution >= 0.6 is 0 Å². The fraction of sp³-hybridized carbons (Fsp3) is 0.278. The van der Waals surface area contributed by atoms with Crippen molar-refractivity contribution in [2.75, 3.05) is 18.9 Å². The third-order valence-electron chi connectivity index (χ3n) is 4.03. The largest absolute Gasteiger partial charge is 0.481 e. The van der Waals surface area contributed by atoms with Crippen LogP contribution in [0.15, 0.2) is 42.7 Å². The summed E-state index contributed by atoms with van der Waals surface area (Å²) in [5.74, 6) is 0.412. The van der Waals surface area contributed by atoms with Gasteiger partial charge < -0.3 is 15.0 Å². The number of hydrogen-bond donors (Lipinski definition) is 1. The summed E-state index contributed by atoms with van der Waals surface area (Å²) >= 11 is 0. The zero-order chi connectivity index (χ0) is 17.1. The number of likely N-dealkylation sites (tertiary alicyclic amines) is 1. The Morgan fingerprint density at radius 1 is 1.38 bits per heavy atom. The van der Waals surface area contributed by atoms with Crippen molar-refractivity contribution in [3.8, 4) is 5.75 Å². The van der Waals surface area contributed by atoms with Gasteiger partial charge in [0.25, 0.3) is 11.8 Å². The number of rotatable bonds is 4. The van der Waals surface area contributed by atoms with E-state index in [1.165, 1.54) is 6.20 Å². The molecule has 3 rings (SSSR count). The molecule has 1 aliphatic heterocycles. The normalized spacial score (nSPS) is 17.0. The van der Waals surface area contributed by atoms with Crippen LogP contribution in [0.25, 0.3) is 0 Å². The second-order valence-electron chi connectivity index (χ2n) is 5.83. The van der Waals surface area contributed by atoms with Crippen LogP contribution in [-0.2, 0) is 4.79 Å². The highest BCUT2D eigenvalue weighted by Gasteiger charge is 2.30. The van der Waals surface area contributed by atoms with Gasteiger partial charge in [0.15, 0.2) is 6.10 Å². The summed E-state index contributed by atoms with van der Waals surface area (Å²) in [6.07, 6.45) is 3.40. The second-order valence-corrected chi connectivity index (χ2v) is 5.83. The molecule has 1 saturated heterocycles. The number of aryl methyl sites for hydroxylation is 1. The Morgan fingerprint density at radius 2 is 2.21 bits per heavy atom. The van der Waals surface area contributed by atoms with E-state index in [0.717, 1.165) is 5.56 Å². The van der Waals surface area contributed by atoms with Crippen LogP contribution < -0.4 is 10.1 Å². The van der Waals surface area contributed by atoms with E-state index in [1.807, 2.05) is 13.0 Å². The molecule has 1 atom stereocenters. The minimum absolute atomic E-state index is 0.00149. The first-order valence-electron chi connectivity index (χ1n) is 7.78. The summed E-state index contributed by atoms with van der Waals surface area (Å²) in [4.78, 5) is 29.7. The Morgan fingerprint density at radius 3 is 2.83 bits per heavy atom. The van der Waals surface area contributed by atoms with E-state index in [-0.39, 0.29) is 11.8 Å². The van der Waals surface area contributed by atoms with Gasteiger partial charge in [-0.05, 0) is 42.8 Å². The maximum absolute atomic E-state index is 12.2. The Bertz CT molecular complexity index is 761. The lowest BCUT2D eigenvalue weighted by Crippen LogP contribution is -2.29. The number of aromatic nitrogens is 1. The van der Waals surface area contributed by atoms with Crippen molar-refractivity contribution in [3.63, 3.8) is 0 Å². The summed E-state index contributed by atoms with van der Waals surface area (Å²) in [6.45, 7) is 2.59. The molecule has 1 aromatic carbocycles. The molecule has 6 heteroatoms. The average molecular weight is 325 g/mol. The third kappa shape index (κ3) is 3.37. The summed E-state index contributed by atoms with van der Waals surface area (Å²) < 4.78 is 5.77. The van der Waals surface area contributed by atoms with Gasteiger partial charge in [-0.3, -0.25) is 14.6 Å². The molecule has 124 valence electrons. The molecule has 0 aliphatic carbocycles. The number of pyridine rings is 1. The molecule has 2 aromatic rings. The Kier molecular flexibility index (Phi) is 4.46. The molecular formula is C18H19N3O3. The Labute approximate surface area is 140 Å². The number of nitrogens with zero attached hydrogens (tertiary/aromatic N) is 2. The van der Waals surface area contributed by atoms with Crippen LogP contribution in [0.4, 0.5) is 5.69 Å². The quantitative estimate of drug-likeness (QED) is 0.936. The molecule has 6 nitrogen and oxygen atoms in total. The number of nitrogens with one attached hydrogen (secondary N) is 1. The van der Waals surface area contributed by atoms with Gasteiger partial charge in [-0.1, -0.05) is 0 Å². The molecule has 1 fully saturated rings. The number of benzene rings is 1. The number of likely N-dealkylation sites (N-methyl/N-ethyl adjacent to an activating group) is 1.